The van der Waals surface area contributed by atoms with E-state index in [2.05, 4.69) is 26.6 Å². The van der Waals surface area contributed by atoms with Gasteiger partial charge in [0.15, 0.2) is 5.66 Å². The number of imide groups is 1. The molecule has 1 aromatic carbocycles. The van der Waals surface area contributed by atoms with Crippen LogP contribution in [0, 0.1) is 11.8 Å². The van der Waals surface area contributed by atoms with Gasteiger partial charge in [-0.25, -0.2) is 0 Å². The summed E-state index contributed by atoms with van der Waals surface area (Å²) in [5.41, 5.74) is 21.5. The Balaban J connectivity index is 2.48. The van der Waals surface area contributed by atoms with E-state index in [1.165, 1.54) is 0 Å². The second-order valence-corrected chi connectivity index (χ2v) is 14.4. The molecule has 14 N–H and O–H groups in total. The second-order valence-electron chi connectivity index (χ2n) is 14.4. The lowest BCUT2D eigenvalue weighted by atomic mass is 9.98. The van der Waals surface area contributed by atoms with Crippen LogP contribution in [0.25, 0.3) is 0 Å². The Labute approximate surface area is 320 Å². The zero-order valence-electron chi connectivity index (χ0n) is 32.0. The molecule has 1 aliphatic heterocycles. The average Bonchev–Trinajstić information content (AvgIpc) is 3.53. The lowest BCUT2D eigenvalue weighted by Crippen LogP contribution is -2.70. The summed E-state index contributed by atoms with van der Waals surface area (Å²) in [5, 5.41) is 21.7. The maximum Gasteiger partial charge on any atom is 0.261 e. The minimum absolute atomic E-state index is 0.0626. The third-order valence-electron chi connectivity index (χ3n) is 9.34. The predicted molar refractivity (Wildman–Crippen MR) is 200 cm³/mol. The fraction of sp³-hybridized carbons (Fsp3) is 0.611. The van der Waals surface area contributed by atoms with Crippen LogP contribution in [0.2, 0.25) is 0 Å². The van der Waals surface area contributed by atoms with Crippen molar-refractivity contribution in [1.29, 1.82) is 0 Å². The number of aryl methyl sites for hydroxylation is 1. The molecule has 6 atom stereocenters. The number of likely N-dealkylation sites (tertiary alicyclic amines) is 1. The molecule has 8 amide bonds. The number of benzene rings is 1. The zero-order chi connectivity index (χ0) is 41.5. The zero-order valence-corrected chi connectivity index (χ0v) is 32.0. The fourth-order valence-electron chi connectivity index (χ4n) is 6.02. The maximum absolute atomic E-state index is 14.5. The highest BCUT2D eigenvalue weighted by Gasteiger charge is 2.50. The van der Waals surface area contributed by atoms with E-state index in [4.69, 9.17) is 22.9 Å². The van der Waals surface area contributed by atoms with Crippen LogP contribution in [0.4, 0.5) is 0 Å². The number of aliphatic hydroxyl groups is 1. The lowest BCUT2D eigenvalue weighted by molar-refractivity contribution is -0.145. The molecular weight excluding hydrogens is 716 g/mol. The minimum atomic E-state index is -1.80. The summed E-state index contributed by atoms with van der Waals surface area (Å²) in [6.45, 7) is 6.66. The number of hydrogen-bond donors (Lipinski definition) is 10. The molecule has 0 aliphatic carbocycles. The van der Waals surface area contributed by atoms with Gasteiger partial charge in [-0.2, -0.15) is 0 Å². The first-order valence-corrected chi connectivity index (χ1v) is 18.4. The van der Waals surface area contributed by atoms with E-state index in [0.29, 0.717) is 32.4 Å². The number of primary amides is 2. The van der Waals surface area contributed by atoms with Gasteiger partial charge in [0.25, 0.3) is 5.91 Å². The van der Waals surface area contributed by atoms with Crippen LogP contribution in [0.15, 0.2) is 30.3 Å². The number of nitrogens with one attached hydrogen (secondary N) is 5. The Hall–Kier alpha value is -4.98. The molecule has 0 saturated carbocycles. The van der Waals surface area contributed by atoms with Crippen LogP contribution in [0.3, 0.4) is 0 Å². The van der Waals surface area contributed by atoms with Crippen molar-refractivity contribution in [2.45, 2.75) is 109 Å². The summed E-state index contributed by atoms with van der Waals surface area (Å²) in [7, 11) is 0. The molecule has 1 saturated heterocycles. The van der Waals surface area contributed by atoms with Gasteiger partial charge in [-0.1, -0.05) is 58.0 Å². The van der Waals surface area contributed by atoms with Crippen molar-refractivity contribution in [3.63, 3.8) is 0 Å². The number of nitrogens with two attached hydrogens (primary N) is 4. The largest absolute Gasteiger partial charge is 0.394 e. The van der Waals surface area contributed by atoms with Gasteiger partial charge in [0, 0.05) is 19.5 Å². The Morgan fingerprint density at radius 2 is 1.44 bits per heavy atom. The average molecular weight is 775 g/mol. The van der Waals surface area contributed by atoms with Crippen molar-refractivity contribution in [3.05, 3.63) is 35.9 Å². The summed E-state index contributed by atoms with van der Waals surface area (Å²) in [6.07, 6.45) is 0.276. The van der Waals surface area contributed by atoms with Crippen LogP contribution < -0.4 is 49.5 Å². The number of carbonyl (C=O) groups excluding carboxylic acids is 8. The highest BCUT2D eigenvalue weighted by molar-refractivity contribution is 6.03. The molecule has 2 rings (SSSR count). The minimum Gasteiger partial charge on any atom is -0.394 e. The molecule has 55 heavy (non-hydrogen) atoms. The van der Waals surface area contributed by atoms with E-state index in [0.717, 1.165) is 5.56 Å². The normalized spacial score (nSPS) is 18.3. The molecule has 0 aromatic heterocycles. The quantitative estimate of drug-likeness (QED) is 0.0555. The highest BCUT2D eigenvalue weighted by Crippen LogP contribution is 2.29. The Bertz CT molecular complexity index is 1530. The SMILES string of the molecule is CC(C)[C@H](N)C(=O)NC(=O)[C@@H](NC(=O)[C@]1(NC(=O)[C@H](CC(N)=O)NC(=O)[C@H](CCC(N)=O)NC(=O)[C@@H](N)CO)CCCN1CCCc1ccccc1)C(C)C. The first kappa shape index (κ1) is 46.2. The Morgan fingerprint density at radius 1 is 0.800 bits per heavy atom. The maximum atomic E-state index is 14.5. The molecule has 1 heterocycles. The van der Waals surface area contributed by atoms with E-state index >= 15 is 0 Å². The van der Waals surface area contributed by atoms with Crippen molar-refractivity contribution >= 4 is 47.3 Å². The molecule has 0 radical (unpaired) electrons. The van der Waals surface area contributed by atoms with Crippen molar-refractivity contribution < 1.29 is 43.5 Å². The van der Waals surface area contributed by atoms with Gasteiger partial charge in [0.05, 0.1) is 19.1 Å². The first-order valence-electron chi connectivity index (χ1n) is 18.4. The van der Waals surface area contributed by atoms with Gasteiger partial charge in [0.2, 0.25) is 41.4 Å². The van der Waals surface area contributed by atoms with Gasteiger partial charge in [0.1, 0.15) is 24.2 Å². The molecule has 1 aromatic rings. The lowest BCUT2D eigenvalue weighted by Gasteiger charge is -2.40. The number of aliphatic hydroxyl groups excluding tert-OH is 1. The fourth-order valence-corrected chi connectivity index (χ4v) is 6.02. The molecule has 0 bridgehead atoms. The number of nitrogens with zero attached hydrogens (tertiary/aromatic N) is 1. The molecule has 19 heteroatoms. The van der Waals surface area contributed by atoms with Crippen molar-refractivity contribution in [3.8, 4) is 0 Å². The van der Waals surface area contributed by atoms with Gasteiger partial charge in [-0.15, -0.1) is 0 Å². The number of hydrogen-bond acceptors (Lipinski definition) is 12. The molecule has 19 nitrogen and oxygen atoms in total. The van der Waals surface area contributed by atoms with Crippen LogP contribution in [0.5, 0.6) is 0 Å². The third-order valence-corrected chi connectivity index (χ3v) is 9.34. The van der Waals surface area contributed by atoms with Crippen LogP contribution in [-0.2, 0) is 44.8 Å². The topological polar surface area (TPSA) is 324 Å². The molecule has 0 spiro atoms. The number of carbonyl (C=O) groups is 8. The summed E-state index contributed by atoms with van der Waals surface area (Å²) < 4.78 is 0. The summed E-state index contributed by atoms with van der Waals surface area (Å²) in [5.74, 6) is -7.83. The molecule has 0 unspecified atom stereocenters. The molecular formula is C36H58N10O9. The number of rotatable bonds is 22. The van der Waals surface area contributed by atoms with E-state index < -0.39 is 102 Å². The summed E-state index contributed by atoms with van der Waals surface area (Å²) in [6, 6.07) is 2.81. The number of amides is 8. The van der Waals surface area contributed by atoms with E-state index in [-0.39, 0.29) is 25.2 Å². The van der Waals surface area contributed by atoms with E-state index in [1.807, 2.05) is 30.3 Å². The van der Waals surface area contributed by atoms with E-state index in [1.54, 1.807) is 32.6 Å². The van der Waals surface area contributed by atoms with Crippen LogP contribution in [-0.4, -0.2) is 113 Å². The van der Waals surface area contributed by atoms with Gasteiger partial charge in [-0.05, 0) is 49.5 Å². The summed E-state index contributed by atoms with van der Waals surface area (Å²) >= 11 is 0. The van der Waals surface area contributed by atoms with Crippen molar-refractivity contribution in [2.24, 2.45) is 34.8 Å². The predicted octanol–water partition coefficient (Wildman–Crippen LogP) is -3.28. The smallest absolute Gasteiger partial charge is 0.261 e. The van der Waals surface area contributed by atoms with Gasteiger partial charge >= 0.3 is 0 Å². The first-order chi connectivity index (χ1) is 25.8. The van der Waals surface area contributed by atoms with E-state index in [9.17, 15) is 43.5 Å². The van der Waals surface area contributed by atoms with Gasteiger partial charge < -0.3 is 49.3 Å². The van der Waals surface area contributed by atoms with Gasteiger partial charge in [-0.3, -0.25) is 48.6 Å². The standard InChI is InChI=1S/C36H58N10O9/c1-20(2)28(40)33(53)44-34(54)29(21(3)4)43-35(55)36(15-9-17-46(36)16-8-12-22-10-6-5-7-11-22)45-32(52)25(18-27(39)49)42-31(51)24(13-14-26(38)48)41-30(50)23(37)19-47/h5-7,10-11,20-21,23-25,28-29,47H,8-9,12-19,37,40H2,1-4H3,(H2,38,48)(H2,39,49)(H,41,50)(H,42,51)(H,43,55)(H,45,52)(H,44,53,54)/t23-,24-,25-,28-,29-,36-/m0/s1. The van der Waals surface area contributed by atoms with Crippen LogP contribution >= 0.6 is 0 Å². The Kier molecular flexibility index (Phi) is 18.3. The van der Waals surface area contributed by atoms with Crippen molar-refractivity contribution in [1.82, 2.24) is 31.5 Å². The highest BCUT2D eigenvalue weighted by atomic mass is 16.3. The van der Waals surface area contributed by atoms with Crippen molar-refractivity contribution in [2.75, 3.05) is 19.7 Å². The Morgan fingerprint density at radius 3 is 2.00 bits per heavy atom. The molecule has 1 aliphatic rings. The molecule has 306 valence electrons. The summed E-state index contributed by atoms with van der Waals surface area (Å²) in [4.78, 5) is 106. The molecule has 1 fully saturated rings. The second kappa shape index (κ2) is 21.8. The van der Waals surface area contributed by atoms with Crippen LogP contribution in [0.1, 0.15) is 71.8 Å². The monoisotopic (exact) mass is 774 g/mol. The third kappa shape index (κ3) is 14.0.